The van der Waals surface area contributed by atoms with Gasteiger partial charge in [-0.15, -0.1) is 0 Å². The Morgan fingerprint density at radius 2 is 2.14 bits per heavy atom. The average Bonchev–Trinajstić information content (AvgIpc) is 2.20. The fraction of sp³-hybridized carbons (Fsp3) is 1.00. The van der Waals surface area contributed by atoms with Gasteiger partial charge in [0, 0.05) is 26.9 Å². The highest BCUT2D eigenvalue weighted by Gasteiger charge is 2.13. The summed E-state index contributed by atoms with van der Waals surface area (Å²) in [4.78, 5) is 0. The molecule has 84 valence electrons. The van der Waals surface area contributed by atoms with Crippen molar-refractivity contribution in [3.63, 3.8) is 0 Å². The maximum atomic E-state index is 5.32. The Hall–Kier alpha value is -0.120. The number of methoxy groups -OCH3 is 1. The molecular weight excluding hydrogens is 178 g/mol. The highest BCUT2D eigenvalue weighted by atomic mass is 16.5. The maximum absolute atomic E-state index is 5.32. The van der Waals surface area contributed by atoms with Crippen LogP contribution < -0.4 is 5.32 Å². The lowest BCUT2D eigenvalue weighted by Gasteiger charge is -2.23. The largest absolute Gasteiger partial charge is 0.384 e. The minimum absolute atomic E-state index is 0.611. The standard InChI is InChI=1S/C11H23NO2/c1-10(9-13-2)7-12-8-11-3-5-14-6-4-11/h10-12H,3-9H2,1-2H3. The summed E-state index contributed by atoms with van der Waals surface area (Å²) in [5, 5.41) is 3.50. The van der Waals surface area contributed by atoms with E-state index in [1.165, 1.54) is 12.8 Å². The van der Waals surface area contributed by atoms with E-state index in [1.54, 1.807) is 7.11 Å². The van der Waals surface area contributed by atoms with E-state index in [1.807, 2.05) is 0 Å². The lowest BCUT2D eigenvalue weighted by atomic mass is 10.0. The van der Waals surface area contributed by atoms with Crippen molar-refractivity contribution in [1.29, 1.82) is 0 Å². The van der Waals surface area contributed by atoms with Gasteiger partial charge in [0.2, 0.25) is 0 Å². The molecule has 1 atom stereocenters. The third kappa shape index (κ3) is 4.94. The van der Waals surface area contributed by atoms with Crippen LogP contribution in [-0.4, -0.2) is 40.0 Å². The molecule has 1 rings (SSSR count). The zero-order chi connectivity index (χ0) is 10.2. The molecule has 0 aromatic carbocycles. The zero-order valence-electron chi connectivity index (χ0n) is 9.42. The van der Waals surface area contributed by atoms with Crippen LogP contribution in [0.25, 0.3) is 0 Å². The fourth-order valence-electron chi connectivity index (χ4n) is 1.83. The molecule has 1 saturated heterocycles. The van der Waals surface area contributed by atoms with Gasteiger partial charge in [-0.1, -0.05) is 6.92 Å². The topological polar surface area (TPSA) is 30.5 Å². The predicted molar refractivity (Wildman–Crippen MR) is 57.5 cm³/mol. The quantitative estimate of drug-likeness (QED) is 0.702. The van der Waals surface area contributed by atoms with Gasteiger partial charge in [0.25, 0.3) is 0 Å². The Balaban J connectivity index is 1.96. The van der Waals surface area contributed by atoms with Crippen LogP contribution in [0.3, 0.4) is 0 Å². The third-order valence-corrected chi connectivity index (χ3v) is 2.72. The van der Waals surface area contributed by atoms with Gasteiger partial charge in [-0.05, 0) is 37.8 Å². The molecule has 1 fully saturated rings. The van der Waals surface area contributed by atoms with Gasteiger partial charge in [-0.3, -0.25) is 0 Å². The second kappa shape index (κ2) is 7.21. The molecule has 1 heterocycles. The van der Waals surface area contributed by atoms with Gasteiger partial charge in [-0.25, -0.2) is 0 Å². The number of hydrogen-bond donors (Lipinski definition) is 1. The Morgan fingerprint density at radius 3 is 2.79 bits per heavy atom. The second-order valence-electron chi connectivity index (χ2n) is 4.27. The third-order valence-electron chi connectivity index (χ3n) is 2.72. The molecule has 3 nitrogen and oxygen atoms in total. The molecule has 1 unspecified atom stereocenters. The van der Waals surface area contributed by atoms with Crippen LogP contribution in [0, 0.1) is 11.8 Å². The van der Waals surface area contributed by atoms with Crippen LogP contribution in [0.5, 0.6) is 0 Å². The van der Waals surface area contributed by atoms with Gasteiger partial charge in [-0.2, -0.15) is 0 Å². The second-order valence-corrected chi connectivity index (χ2v) is 4.27. The molecule has 0 amide bonds. The number of nitrogens with one attached hydrogen (secondary N) is 1. The predicted octanol–water partition coefficient (Wildman–Crippen LogP) is 1.29. The van der Waals surface area contributed by atoms with Crippen LogP contribution >= 0.6 is 0 Å². The summed E-state index contributed by atoms with van der Waals surface area (Å²) < 4.78 is 10.4. The van der Waals surface area contributed by atoms with E-state index < -0.39 is 0 Å². The lowest BCUT2D eigenvalue weighted by molar-refractivity contribution is 0.0656. The van der Waals surface area contributed by atoms with Crippen LogP contribution in [0.4, 0.5) is 0 Å². The van der Waals surface area contributed by atoms with Crippen molar-refractivity contribution in [3.05, 3.63) is 0 Å². The first-order valence-electron chi connectivity index (χ1n) is 5.60. The van der Waals surface area contributed by atoms with Gasteiger partial charge >= 0.3 is 0 Å². The van der Waals surface area contributed by atoms with Crippen molar-refractivity contribution in [2.24, 2.45) is 11.8 Å². The number of ether oxygens (including phenoxy) is 2. The lowest BCUT2D eigenvalue weighted by Crippen LogP contribution is -2.31. The van der Waals surface area contributed by atoms with E-state index in [0.29, 0.717) is 5.92 Å². The SMILES string of the molecule is COCC(C)CNCC1CCOCC1. The summed E-state index contributed by atoms with van der Waals surface area (Å²) in [5.74, 6) is 1.43. The van der Waals surface area contributed by atoms with E-state index in [4.69, 9.17) is 9.47 Å². The number of rotatable bonds is 6. The van der Waals surface area contributed by atoms with Gasteiger partial charge in [0.1, 0.15) is 0 Å². The molecule has 3 heteroatoms. The Morgan fingerprint density at radius 1 is 1.43 bits per heavy atom. The van der Waals surface area contributed by atoms with Gasteiger partial charge in [0.15, 0.2) is 0 Å². The summed E-state index contributed by atoms with van der Waals surface area (Å²) in [6.07, 6.45) is 2.43. The minimum Gasteiger partial charge on any atom is -0.384 e. The van der Waals surface area contributed by atoms with Crippen molar-refractivity contribution in [1.82, 2.24) is 5.32 Å². The van der Waals surface area contributed by atoms with Crippen molar-refractivity contribution < 1.29 is 9.47 Å². The summed E-state index contributed by atoms with van der Waals surface area (Å²) in [6, 6.07) is 0. The Labute approximate surface area is 87.2 Å². The fourth-order valence-corrected chi connectivity index (χ4v) is 1.83. The molecule has 0 bridgehead atoms. The first-order chi connectivity index (χ1) is 6.83. The normalized spacial score (nSPS) is 21.0. The molecule has 14 heavy (non-hydrogen) atoms. The van der Waals surface area contributed by atoms with Crippen LogP contribution in [-0.2, 0) is 9.47 Å². The van der Waals surface area contributed by atoms with E-state index in [9.17, 15) is 0 Å². The van der Waals surface area contributed by atoms with E-state index in [-0.39, 0.29) is 0 Å². The summed E-state index contributed by atoms with van der Waals surface area (Å²) >= 11 is 0. The first-order valence-corrected chi connectivity index (χ1v) is 5.60. The zero-order valence-corrected chi connectivity index (χ0v) is 9.42. The van der Waals surface area contributed by atoms with E-state index in [2.05, 4.69) is 12.2 Å². The van der Waals surface area contributed by atoms with Crippen molar-refractivity contribution in [2.75, 3.05) is 40.0 Å². The minimum atomic E-state index is 0.611. The van der Waals surface area contributed by atoms with Gasteiger partial charge < -0.3 is 14.8 Å². The molecule has 1 aliphatic heterocycles. The smallest absolute Gasteiger partial charge is 0.0499 e. The molecule has 0 aromatic heterocycles. The van der Waals surface area contributed by atoms with Crippen LogP contribution in [0.2, 0.25) is 0 Å². The Bertz CT molecular complexity index is 135. The summed E-state index contributed by atoms with van der Waals surface area (Å²) in [6.45, 7) is 7.14. The van der Waals surface area contributed by atoms with E-state index >= 15 is 0 Å². The molecule has 0 aliphatic carbocycles. The molecule has 0 aromatic rings. The van der Waals surface area contributed by atoms with Crippen LogP contribution in [0.15, 0.2) is 0 Å². The average molecular weight is 201 g/mol. The molecule has 0 spiro atoms. The highest BCUT2D eigenvalue weighted by molar-refractivity contribution is 4.67. The van der Waals surface area contributed by atoms with E-state index in [0.717, 1.165) is 38.8 Å². The number of hydrogen-bond acceptors (Lipinski definition) is 3. The summed E-state index contributed by atoms with van der Waals surface area (Å²) in [7, 11) is 1.76. The Kier molecular flexibility index (Phi) is 6.15. The summed E-state index contributed by atoms with van der Waals surface area (Å²) in [5.41, 5.74) is 0. The highest BCUT2D eigenvalue weighted by Crippen LogP contribution is 2.13. The molecule has 1 N–H and O–H groups in total. The maximum Gasteiger partial charge on any atom is 0.0499 e. The van der Waals surface area contributed by atoms with Crippen molar-refractivity contribution >= 4 is 0 Å². The first kappa shape index (κ1) is 12.0. The molecule has 0 radical (unpaired) electrons. The molecule has 1 aliphatic rings. The van der Waals surface area contributed by atoms with Crippen molar-refractivity contribution in [2.45, 2.75) is 19.8 Å². The van der Waals surface area contributed by atoms with Crippen LogP contribution in [0.1, 0.15) is 19.8 Å². The monoisotopic (exact) mass is 201 g/mol. The van der Waals surface area contributed by atoms with Gasteiger partial charge in [0.05, 0.1) is 0 Å². The molecular formula is C11H23NO2. The van der Waals surface area contributed by atoms with Crippen molar-refractivity contribution in [3.8, 4) is 0 Å². The molecule has 0 saturated carbocycles.